The van der Waals surface area contributed by atoms with E-state index in [0.717, 1.165) is 43.6 Å². The topological polar surface area (TPSA) is 64.3 Å². The molecule has 1 N–H and O–H groups in total. The molecule has 1 aliphatic heterocycles. The second kappa shape index (κ2) is 7.19. The van der Waals surface area contributed by atoms with Crippen molar-refractivity contribution in [1.82, 2.24) is 9.78 Å². The molecule has 1 aromatic heterocycles. The summed E-state index contributed by atoms with van der Waals surface area (Å²) in [6, 6.07) is 1.86. The fraction of sp³-hybridized carbons (Fsp3) is 0.833. The lowest BCUT2D eigenvalue weighted by Crippen LogP contribution is -2.55. The summed E-state index contributed by atoms with van der Waals surface area (Å²) in [5.74, 6) is 3.77. The number of hydrogen-bond donors (Lipinski definition) is 1. The van der Waals surface area contributed by atoms with Gasteiger partial charge in [-0.25, -0.2) is 0 Å². The van der Waals surface area contributed by atoms with Crippen molar-refractivity contribution in [2.45, 2.75) is 83.5 Å². The van der Waals surface area contributed by atoms with Crippen LogP contribution < -0.4 is 0 Å². The van der Waals surface area contributed by atoms with E-state index in [1.54, 1.807) is 10.9 Å². The average Bonchev–Trinajstić information content (AvgIpc) is 3.18. The number of Topliss-reactive ketones (excluding diaryl/α,β-unsaturated/α-hetero) is 1. The Labute approximate surface area is 174 Å². The number of aliphatic hydroxyl groups is 1. The van der Waals surface area contributed by atoms with E-state index in [2.05, 4.69) is 12.0 Å². The molecule has 8 atom stereocenters. The second-order valence-corrected chi connectivity index (χ2v) is 11.1. The third-order valence-corrected chi connectivity index (χ3v) is 9.12. The first-order valence-corrected chi connectivity index (χ1v) is 11.7. The van der Waals surface area contributed by atoms with Gasteiger partial charge in [0.15, 0.2) is 5.78 Å². The van der Waals surface area contributed by atoms with Gasteiger partial charge in [0.05, 0.1) is 12.2 Å². The van der Waals surface area contributed by atoms with Crippen LogP contribution in [-0.2, 0) is 16.1 Å². The molecular formula is C24H36N2O3. The smallest absolute Gasteiger partial charge is 0.182 e. The number of hydrogen-bond acceptors (Lipinski definition) is 4. The zero-order valence-corrected chi connectivity index (χ0v) is 17.9. The van der Waals surface area contributed by atoms with Gasteiger partial charge in [-0.15, -0.1) is 0 Å². The van der Waals surface area contributed by atoms with E-state index >= 15 is 0 Å². The Balaban J connectivity index is 1.27. The third-order valence-electron chi connectivity index (χ3n) is 9.12. The van der Waals surface area contributed by atoms with E-state index in [4.69, 9.17) is 4.74 Å². The van der Waals surface area contributed by atoms with E-state index < -0.39 is 5.60 Å². The summed E-state index contributed by atoms with van der Waals surface area (Å²) in [5, 5.41) is 14.7. The van der Waals surface area contributed by atoms with Gasteiger partial charge in [0.1, 0.15) is 12.6 Å². The first-order chi connectivity index (χ1) is 13.8. The van der Waals surface area contributed by atoms with Crippen molar-refractivity contribution in [2.24, 2.45) is 35.0 Å². The van der Waals surface area contributed by atoms with Gasteiger partial charge in [-0.1, -0.05) is 6.92 Å². The summed E-state index contributed by atoms with van der Waals surface area (Å²) in [6.07, 6.45) is 12.3. The van der Waals surface area contributed by atoms with Crippen LogP contribution in [0.25, 0.3) is 0 Å². The number of rotatable bonds is 3. The molecule has 0 amide bonds. The molecule has 3 aliphatic carbocycles. The van der Waals surface area contributed by atoms with Gasteiger partial charge in [-0.05, 0) is 99.4 Å². The molecule has 0 radical (unpaired) electrons. The molecular weight excluding hydrogens is 364 g/mol. The number of nitrogens with zero attached hydrogens (tertiary/aromatic N) is 2. The van der Waals surface area contributed by atoms with Gasteiger partial charge in [0.2, 0.25) is 0 Å². The van der Waals surface area contributed by atoms with E-state index in [1.165, 1.54) is 32.1 Å². The molecule has 29 heavy (non-hydrogen) atoms. The average molecular weight is 401 g/mol. The molecule has 3 saturated carbocycles. The Kier molecular flexibility index (Phi) is 4.90. The lowest BCUT2D eigenvalue weighted by molar-refractivity contribution is -0.173. The van der Waals surface area contributed by atoms with Crippen molar-refractivity contribution in [1.29, 1.82) is 0 Å². The minimum absolute atomic E-state index is 0.161. The standard InChI is InChI=1S/C24H36N2O3/c1-23-8-6-18-17-7-9-24(2,28)12-16(17)4-5-19(18)20(23)15-29-22(13-23)21(27)14-26-11-3-10-25-26/h3,10-11,16-20,22,28H,4-9,12-15H2,1-2H3/t16-,17+,18?,19?,20?,22+,23-,24-/m1/s1. The molecule has 0 bridgehead atoms. The lowest BCUT2D eigenvalue weighted by Gasteiger charge is -2.59. The maximum Gasteiger partial charge on any atom is 0.182 e. The quantitative estimate of drug-likeness (QED) is 0.837. The van der Waals surface area contributed by atoms with Crippen molar-refractivity contribution in [3.05, 3.63) is 18.5 Å². The van der Waals surface area contributed by atoms with Gasteiger partial charge < -0.3 is 9.84 Å². The number of aromatic nitrogens is 2. The van der Waals surface area contributed by atoms with Crippen molar-refractivity contribution in [3.8, 4) is 0 Å². The molecule has 5 nitrogen and oxygen atoms in total. The van der Waals surface area contributed by atoms with E-state index in [9.17, 15) is 9.90 Å². The minimum Gasteiger partial charge on any atom is -0.390 e. The van der Waals surface area contributed by atoms with Crippen LogP contribution in [0.2, 0.25) is 0 Å². The largest absolute Gasteiger partial charge is 0.390 e. The van der Waals surface area contributed by atoms with E-state index in [0.29, 0.717) is 18.4 Å². The monoisotopic (exact) mass is 400 g/mol. The number of carbonyl (C=O) groups excluding carboxylic acids is 1. The van der Waals surface area contributed by atoms with Crippen LogP contribution in [0.4, 0.5) is 0 Å². The van der Waals surface area contributed by atoms with Crippen molar-refractivity contribution in [3.63, 3.8) is 0 Å². The summed E-state index contributed by atoms with van der Waals surface area (Å²) in [5.41, 5.74) is -0.232. The van der Waals surface area contributed by atoms with Crippen molar-refractivity contribution < 1.29 is 14.6 Å². The molecule has 1 aromatic rings. The predicted molar refractivity (Wildman–Crippen MR) is 110 cm³/mol. The zero-order chi connectivity index (χ0) is 20.2. The molecule has 4 aliphatic rings. The SMILES string of the molecule is C[C@@]1(O)CC[C@@H]2C3CC[C@]4(C)C[C@@H](C(=O)Cn5cccn5)OCC4C3CC[C@@H]2C1. The maximum atomic E-state index is 12.8. The first-order valence-electron chi connectivity index (χ1n) is 11.7. The third kappa shape index (κ3) is 3.59. The highest BCUT2D eigenvalue weighted by Crippen LogP contribution is 2.60. The molecule has 5 heteroatoms. The fourth-order valence-corrected chi connectivity index (χ4v) is 7.62. The Bertz CT molecular complexity index is 745. The molecule has 5 rings (SSSR count). The van der Waals surface area contributed by atoms with Crippen LogP contribution in [0.1, 0.15) is 65.2 Å². The number of carbonyl (C=O) groups is 1. The van der Waals surface area contributed by atoms with Gasteiger partial charge in [0.25, 0.3) is 0 Å². The van der Waals surface area contributed by atoms with Crippen molar-refractivity contribution >= 4 is 5.78 Å². The second-order valence-electron chi connectivity index (χ2n) is 11.1. The van der Waals surface area contributed by atoms with Crippen LogP contribution in [0.3, 0.4) is 0 Å². The predicted octanol–water partition coefficient (Wildman–Crippen LogP) is 3.85. The molecule has 0 aromatic carbocycles. The summed E-state index contributed by atoms with van der Waals surface area (Å²) in [7, 11) is 0. The van der Waals surface area contributed by atoms with Crippen LogP contribution in [-0.4, -0.2) is 39.0 Å². The highest BCUT2D eigenvalue weighted by atomic mass is 16.5. The molecule has 160 valence electrons. The number of ketones is 1. The van der Waals surface area contributed by atoms with Crippen LogP contribution in [0.5, 0.6) is 0 Å². The minimum atomic E-state index is -0.451. The van der Waals surface area contributed by atoms with E-state index in [1.807, 2.05) is 19.2 Å². The van der Waals surface area contributed by atoms with Gasteiger partial charge in [-0.3, -0.25) is 9.48 Å². The fourth-order valence-electron chi connectivity index (χ4n) is 7.62. The Morgan fingerprint density at radius 2 is 1.97 bits per heavy atom. The van der Waals surface area contributed by atoms with Gasteiger partial charge >= 0.3 is 0 Å². The van der Waals surface area contributed by atoms with Crippen LogP contribution in [0, 0.1) is 35.0 Å². The molecule has 0 spiro atoms. The Hall–Kier alpha value is -1.20. The number of fused-ring (bicyclic) bond motifs is 5. The molecule has 4 fully saturated rings. The van der Waals surface area contributed by atoms with Crippen LogP contribution in [0.15, 0.2) is 18.5 Å². The molecule has 3 unspecified atom stereocenters. The Morgan fingerprint density at radius 1 is 1.14 bits per heavy atom. The highest BCUT2D eigenvalue weighted by molar-refractivity contribution is 5.83. The zero-order valence-electron chi connectivity index (χ0n) is 17.9. The normalized spacial score (nSPS) is 47.0. The van der Waals surface area contributed by atoms with E-state index in [-0.39, 0.29) is 17.3 Å². The van der Waals surface area contributed by atoms with Crippen LogP contribution >= 0.6 is 0 Å². The number of ether oxygens (including phenoxy) is 1. The summed E-state index contributed by atoms with van der Waals surface area (Å²) in [6.45, 7) is 5.50. The van der Waals surface area contributed by atoms with Crippen molar-refractivity contribution in [2.75, 3.05) is 6.61 Å². The summed E-state index contributed by atoms with van der Waals surface area (Å²) >= 11 is 0. The Morgan fingerprint density at radius 3 is 2.76 bits per heavy atom. The first kappa shape index (κ1) is 19.7. The maximum absolute atomic E-state index is 12.8. The van der Waals surface area contributed by atoms with Gasteiger partial charge in [0, 0.05) is 12.4 Å². The summed E-state index contributed by atoms with van der Waals surface area (Å²) < 4.78 is 7.92. The lowest BCUT2D eigenvalue weighted by atomic mass is 9.48. The highest BCUT2D eigenvalue weighted by Gasteiger charge is 2.55. The molecule has 1 saturated heterocycles. The van der Waals surface area contributed by atoms with Gasteiger partial charge in [-0.2, -0.15) is 5.10 Å². The molecule has 2 heterocycles. The summed E-state index contributed by atoms with van der Waals surface area (Å²) in [4.78, 5) is 12.8.